The van der Waals surface area contributed by atoms with Crippen LogP contribution in [0, 0.1) is 0 Å². The van der Waals surface area contributed by atoms with Crippen molar-refractivity contribution in [2.75, 3.05) is 22.5 Å². The van der Waals surface area contributed by atoms with Gasteiger partial charge in [0.25, 0.3) is 33.4 Å². The summed E-state index contributed by atoms with van der Waals surface area (Å²) >= 11 is 0. The summed E-state index contributed by atoms with van der Waals surface area (Å²) in [6.07, 6.45) is 17.7. The maximum atomic E-state index is 11.7. The molecule has 17 aromatic heterocycles. The lowest BCUT2D eigenvalue weighted by atomic mass is 10.3. The monoisotopic (exact) mass is 1390 g/mol. The van der Waals surface area contributed by atoms with Crippen LogP contribution in [-0.4, -0.2) is 173 Å². The lowest BCUT2D eigenvalue weighted by Gasteiger charge is -2.02. The van der Waals surface area contributed by atoms with Crippen molar-refractivity contribution < 1.29 is 4.79 Å². The van der Waals surface area contributed by atoms with Gasteiger partial charge in [-0.2, -0.15) is 9.97 Å². The Balaban J connectivity index is 0.000000123. The molecule has 18 heterocycles. The van der Waals surface area contributed by atoms with E-state index in [-0.39, 0.29) is 63.4 Å². The van der Waals surface area contributed by atoms with E-state index in [9.17, 15) is 57.5 Å². The van der Waals surface area contributed by atoms with Crippen LogP contribution in [0.2, 0.25) is 0 Å². The maximum Gasteiger partial charge on any atom is 0.348 e. The Bertz CT molecular complexity index is 6550. The zero-order valence-corrected chi connectivity index (χ0v) is 52.2. The topological polar surface area (TPSA) is 734 Å². The Hall–Kier alpha value is -15.9. The van der Waals surface area contributed by atoms with Gasteiger partial charge in [-0.3, -0.25) is 82.2 Å². The first kappa shape index (κ1) is 68.0. The van der Waals surface area contributed by atoms with E-state index in [0.717, 1.165) is 10.1 Å². The highest BCUT2D eigenvalue weighted by molar-refractivity contribution is 5.97. The van der Waals surface area contributed by atoms with Gasteiger partial charge in [-0.15, -0.1) is 0 Å². The zero-order chi connectivity index (χ0) is 72.3. The van der Waals surface area contributed by atoms with Crippen molar-refractivity contribution in [2.24, 2.45) is 35.2 Å². The third-order valence-corrected chi connectivity index (χ3v) is 13.5. The van der Waals surface area contributed by atoms with E-state index >= 15 is 0 Å². The molecule has 0 bridgehead atoms. The lowest BCUT2D eigenvalue weighted by Crippen LogP contribution is -2.37. The molecule has 0 radical (unpaired) electrons. The highest BCUT2D eigenvalue weighted by Crippen LogP contribution is 2.13. The van der Waals surface area contributed by atoms with E-state index in [0.29, 0.717) is 84.0 Å². The number of aromatic amines is 14. The average molecular weight is 1390 g/mol. The minimum Gasteiger partial charge on any atom is -0.383 e. The fourth-order valence-electron chi connectivity index (χ4n) is 8.71. The quantitative estimate of drug-likeness (QED) is 0.0672. The summed E-state index contributed by atoms with van der Waals surface area (Å²) in [7, 11) is 8.04. The molecular weight excluding hydrogens is 1340 g/mol. The summed E-state index contributed by atoms with van der Waals surface area (Å²) in [4.78, 5) is 224. The van der Waals surface area contributed by atoms with Gasteiger partial charge >= 0.3 is 28.4 Å². The van der Waals surface area contributed by atoms with Crippen molar-refractivity contribution >= 4 is 119 Å². The van der Waals surface area contributed by atoms with Crippen LogP contribution in [-0.2, 0) is 46.5 Å². The molecule has 0 aliphatic carbocycles. The van der Waals surface area contributed by atoms with Gasteiger partial charge in [-0.05, 0) is 0 Å². The predicted molar refractivity (Wildman–Crippen MR) is 355 cm³/mol. The van der Waals surface area contributed by atoms with Gasteiger partial charge in [0.05, 0.1) is 75.1 Å². The molecule has 1 amide bonds. The lowest BCUT2D eigenvalue weighted by molar-refractivity contribution is -0.115. The van der Waals surface area contributed by atoms with Crippen LogP contribution in [0.25, 0.3) is 89.3 Å². The standard InChI is InChI=1S/C8H10N4O2.C7H8N4O2.C6H5N3O3.2C5H5N5O.C5H5N5.C5H4N4O2.C5H4N4O.C5H4N4/c1-10-4-9-6-5(10)7(13)12(3)8(14)11(6)2;1-10-3-8-5-4(10)6(12)9-7(13)11(5)2;10-3-1-2-4(7-3)8-6(12)9-5(2)11;6-5-9-3-2(4(11)10-5)7-1-8-3;6-3-2-4(8-1-7-2)10-5(11)9-3;6-4-3-5(9-1-7-3)10-2-8-4;10-4-2-3(7-1-6-2)8-5(11)9-4;10-5-3-4(7-1-6-3)8-2-9-5;1-4-5(8-2-6-1)9-3-7-4/h4H,1-3H3;3H,1-2H3,(H,9,12,13);1H2,(H3,7,8,9,10,11,12);2*1H,(H4,6,7,8,9,10,11);1-2H,(H3,6,7,8,9,10);1H,(H3,6,7,8,9,10,11);1-2H,(H2,6,7,8,9,10);1-3H,(H,6,7,8,9). The van der Waals surface area contributed by atoms with Gasteiger partial charge in [-0.1, -0.05) is 0 Å². The summed E-state index contributed by atoms with van der Waals surface area (Å²) in [6, 6.07) is 0. The molecule has 516 valence electrons. The molecule has 21 N–H and O–H groups in total. The zero-order valence-electron chi connectivity index (χ0n) is 52.2. The van der Waals surface area contributed by atoms with Crippen LogP contribution in [0.15, 0.2) is 129 Å². The first-order valence-electron chi connectivity index (χ1n) is 28.1. The fourth-order valence-corrected chi connectivity index (χ4v) is 8.71. The number of carbonyl (C=O) groups excluding carboxylic acids is 1. The number of nitrogens with zero attached hydrogens (tertiary/aromatic N) is 20. The smallest absolute Gasteiger partial charge is 0.348 e. The van der Waals surface area contributed by atoms with E-state index in [1.807, 2.05) is 4.98 Å². The third-order valence-electron chi connectivity index (χ3n) is 13.5. The average Bonchev–Trinajstić information content (AvgIpc) is 1.72. The summed E-state index contributed by atoms with van der Waals surface area (Å²) in [6.45, 7) is 0. The number of nitrogens with one attached hydrogen (secondary N) is 15. The van der Waals surface area contributed by atoms with Crippen LogP contribution in [0.4, 0.5) is 23.4 Å². The molecule has 0 saturated heterocycles. The van der Waals surface area contributed by atoms with E-state index < -0.39 is 39.4 Å². The summed E-state index contributed by atoms with van der Waals surface area (Å²) in [5.41, 5.74) is 19.4. The largest absolute Gasteiger partial charge is 0.383 e. The number of amides is 1. The van der Waals surface area contributed by atoms with Crippen molar-refractivity contribution in [3.63, 3.8) is 0 Å². The highest BCUT2D eigenvalue weighted by atomic mass is 16.2. The summed E-state index contributed by atoms with van der Waals surface area (Å²) in [5, 5.41) is 2.36. The molecule has 0 atom stereocenters. The minimum absolute atomic E-state index is 0.0292. The van der Waals surface area contributed by atoms with Gasteiger partial charge in [0.2, 0.25) is 11.9 Å². The van der Waals surface area contributed by atoms with Gasteiger partial charge in [0, 0.05) is 35.2 Å². The van der Waals surface area contributed by atoms with Crippen molar-refractivity contribution in [3.8, 4) is 0 Å². The molecule has 0 fully saturated rings. The number of carbonyl (C=O) groups is 1. The van der Waals surface area contributed by atoms with Gasteiger partial charge in [-0.25, -0.2) is 88.8 Å². The molecule has 0 spiro atoms. The maximum absolute atomic E-state index is 11.7. The van der Waals surface area contributed by atoms with Crippen molar-refractivity contribution in [2.45, 2.75) is 6.42 Å². The molecule has 18 rings (SSSR count). The number of hydrogen-bond acceptors (Lipinski definition) is 30. The van der Waals surface area contributed by atoms with E-state index in [2.05, 4.69) is 145 Å². The number of hydrogen-bond donors (Lipinski definition) is 18. The SMILES string of the molecule is Cn1c(=O)c2c(ncn2C)n(C)c1=O.Cn1cnc2c1c(=O)[nH]c(=O)n2C.Nc1[nH]c(=O)nc2nc[nH]c12.Nc1nc2nc[nH]c2c(=O)[nH]1.Nc1ncnc2nc[nH]c12.O=C1Cc2c([nH]c(=O)[nH]c2=O)N1.O=c1[nH]c(=O)c2[nH]cnc2[nH]1.O=c1[nH]cnc2nc[nH]c12.c1ncc2[nH]cnc2n1. The number of aryl methyl sites for hydroxylation is 4. The second-order valence-electron chi connectivity index (χ2n) is 20.1. The molecular formula is C51H50N38O12. The molecule has 1 aliphatic rings. The number of aromatic nitrogens is 34. The first-order valence-corrected chi connectivity index (χ1v) is 28.1. The van der Waals surface area contributed by atoms with Gasteiger partial charge in [0.15, 0.2) is 73.1 Å². The predicted octanol–water partition coefficient (Wildman–Crippen LogP) is -6.18. The van der Waals surface area contributed by atoms with Crippen LogP contribution < -0.4 is 84.3 Å². The number of fused-ring (bicyclic) bond motifs is 9. The molecule has 101 heavy (non-hydrogen) atoms. The van der Waals surface area contributed by atoms with Crippen molar-refractivity contribution in [1.29, 1.82) is 0 Å². The van der Waals surface area contributed by atoms with Crippen LogP contribution >= 0.6 is 0 Å². The highest BCUT2D eigenvalue weighted by Gasteiger charge is 2.21. The summed E-state index contributed by atoms with van der Waals surface area (Å²) in [5.74, 6) is 0.709. The van der Waals surface area contributed by atoms with Crippen LogP contribution in [0.5, 0.6) is 0 Å². The van der Waals surface area contributed by atoms with E-state index in [1.165, 1.54) is 79.5 Å². The number of anilines is 4. The molecule has 17 aromatic rings. The number of nitrogen functional groups attached to an aromatic ring is 3. The van der Waals surface area contributed by atoms with E-state index in [1.54, 1.807) is 49.8 Å². The Kier molecular flexibility index (Phi) is 19.7. The molecule has 0 aromatic carbocycles. The molecule has 0 unspecified atom stereocenters. The van der Waals surface area contributed by atoms with Crippen LogP contribution in [0.3, 0.4) is 0 Å². The second kappa shape index (κ2) is 29.2. The Morgan fingerprint density at radius 2 is 0.970 bits per heavy atom. The fraction of sp³-hybridized carbons (Fsp3) is 0.118. The summed E-state index contributed by atoms with van der Waals surface area (Å²) < 4.78 is 6.92. The van der Waals surface area contributed by atoms with Crippen LogP contribution in [0.1, 0.15) is 5.56 Å². The Morgan fingerprint density at radius 1 is 0.426 bits per heavy atom. The number of imidazole rings is 8. The molecule has 1 aliphatic heterocycles. The molecule has 50 nitrogen and oxygen atoms in total. The third kappa shape index (κ3) is 15.2. The van der Waals surface area contributed by atoms with Crippen molar-refractivity contribution in [1.82, 2.24) is 167 Å². The Morgan fingerprint density at radius 3 is 1.65 bits per heavy atom. The second-order valence-corrected chi connectivity index (χ2v) is 20.1. The first-order chi connectivity index (χ1) is 48.3. The normalized spacial score (nSPS) is 11.0. The minimum atomic E-state index is -0.610. The Labute approximate surface area is 549 Å². The molecule has 0 saturated carbocycles. The van der Waals surface area contributed by atoms with Gasteiger partial charge in [0.1, 0.15) is 46.4 Å². The van der Waals surface area contributed by atoms with Gasteiger partial charge < -0.3 is 66.5 Å². The number of nitrogens with two attached hydrogens (primary N) is 3. The number of H-pyrrole nitrogens is 14. The number of rotatable bonds is 0. The van der Waals surface area contributed by atoms with E-state index in [4.69, 9.17) is 17.2 Å². The van der Waals surface area contributed by atoms with Crippen molar-refractivity contribution in [3.05, 3.63) is 196 Å². The molecule has 50 heteroatoms.